The lowest BCUT2D eigenvalue weighted by Gasteiger charge is -2.33. The van der Waals surface area contributed by atoms with Gasteiger partial charge < -0.3 is 11.1 Å². The summed E-state index contributed by atoms with van der Waals surface area (Å²) in [4.78, 5) is 12.7. The van der Waals surface area contributed by atoms with Crippen LogP contribution in [0.4, 0.5) is 0 Å². The van der Waals surface area contributed by atoms with Gasteiger partial charge in [0, 0.05) is 31.1 Å². The average molecular weight is 404 g/mol. The van der Waals surface area contributed by atoms with Crippen LogP contribution >= 0.6 is 12.4 Å². The van der Waals surface area contributed by atoms with E-state index in [1.807, 2.05) is 39.8 Å². The molecule has 0 radical (unpaired) electrons. The highest BCUT2D eigenvalue weighted by molar-refractivity contribution is 7.89. The number of hydrogen-bond acceptors (Lipinski definition) is 4. The highest BCUT2D eigenvalue weighted by Gasteiger charge is 2.34. The molecule has 0 spiro atoms. The van der Waals surface area contributed by atoms with Crippen molar-refractivity contribution in [1.29, 1.82) is 0 Å². The number of sulfonamides is 1. The number of hydrogen-bond donors (Lipinski definition) is 2. The minimum Gasteiger partial charge on any atom is -0.350 e. The van der Waals surface area contributed by atoms with Gasteiger partial charge in [0.25, 0.3) is 0 Å². The Kier molecular flexibility index (Phi) is 7.65. The Labute approximate surface area is 163 Å². The number of halogens is 1. The molecule has 0 bridgehead atoms. The number of carbonyl (C=O) groups excluding carboxylic acids is 1. The van der Waals surface area contributed by atoms with Crippen molar-refractivity contribution in [3.05, 3.63) is 29.3 Å². The summed E-state index contributed by atoms with van der Waals surface area (Å²) in [6.45, 7) is 8.59. The molecule has 1 amide bonds. The second-order valence-corrected chi connectivity index (χ2v) is 9.43. The molecule has 0 aliphatic carbocycles. The van der Waals surface area contributed by atoms with Gasteiger partial charge in [-0.05, 0) is 52.2 Å². The van der Waals surface area contributed by atoms with Gasteiger partial charge in [0.1, 0.15) is 0 Å². The number of aryl methyl sites for hydroxylation is 2. The van der Waals surface area contributed by atoms with Crippen LogP contribution in [0.1, 0.15) is 37.8 Å². The summed E-state index contributed by atoms with van der Waals surface area (Å²) in [5.41, 5.74) is 7.00. The van der Waals surface area contributed by atoms with Crippen molar-refractivity contribution in [3.63, 3.8) is 0 Å². The molecule has 8 heteroatoms. The van der Waals surface area contributed by atoms with Crippen LogP contribution in [-0.2, 0) is 14.8 Å². The third-order valence-corrected chi connectivity index (χ3v) is 6.80. The minimum atomic E-state index is -3.52. The van der Waals surface area contributed by atoms with Crippen molar-refractivity contribution in [2.75, 3.05) is 19.6 Å². The monoisotopic (exact) mass is 403 g/mol. The molecule has 1 fully saturated rings. The number of carbonyl (C=O) groups is 1. The zero-order valence-electron chi connectivity index (χ0n) is 15.9. The van der Waals surface area contributed by atoms with E-state index in [0.717, 1.165) is 11.1 Å². The molecule has 26 heavy (non-hydrogen) atoms. The van der Waals surface area contributed by atoms with Crippen LogP contribution in [-0.4, -0.2) is 43.8 Å². The molecule has 1 aliphatic heterocycles. The van der Waals surface area contributed by atoms with Crippen molar-refractivity contribution in [2.24, 2.45) is 11.7 Å². The van der Waals surface area contributed by atoms with E-state index in [1.54, 1.807) is 6.07 Å². The number of rotatable bonds is 5. The maximum atomic E-state index is 12.9. The van der Waals surface area contributed by atoms with Gasteiger partial charge in [-0.15, -0.1) is 12.4 Å². The predicted molar refractivity (Wildman–Crippen MR) is 106 cm³/mol. The van der Waals surface area contributed by atoms with Gasteiger partial charge in [-0.25, -0.2) is 8.42 Å². The maximum absolute atomic E-state index is 12.9. The second kappa shape index (κ2) is 8.69. The summed E-state index contributed by atoms with van der Waals surface area (Å²) in [6.07, 6.45) is 1.05. The van der Waals surface area contributed by atoms with E-state index in [2.05, 4.69) is 5.32 Å². The first-order valence-corrected chi connectivity index (χ1v) is 10.1. The van der Waals surface area contributed by atoms with Crippen molar-refractivity contribution in [2.45, 2.75) is 51.0 Å². The Balaban J connectivity index is 0.00000338. The van der Waals surface area contributed by atoms with Gasteiger partial charge in [-0.3, -0.25) is 4.79 Å². The number of piperidine rings is 1. The van der Waals surface area contributed by atoms with Crippen molar-refractivity contribution < 1.29 is 13.2 Å². The first kappa shape index (κ1) is 22.9. The molecule has 0 saturated carbocycles. The lowest BCUT2D eigenvalue weighted by Crippen LogP contribution is -2.52. The lowest BCUT2D eigenvalue weighted by molar-refractivity contribution is -0.127. The second-order valence-electron chi connectivity index (χ2n) is 7.52. The third kappa shape index (κ3) is 5.19. The Morgan fingerprint density at radius 2 is 1.85 bits per heavy atom. The van der Waals surface area contributed by atoms with E-state index in [9.17, 15) is 13.2 Å². The molecular formula is C18H30ClN3O3S. The molecule has 1 aliphatic rings. The molecule has 3 N–H and O–H groups in total. The maximum Gasteiger partial charge on any atom is 0.243 e. The molecular weight excluding hydrogens is 374 g/mol. The number of nitrogens with zero attached hydrogens (tertiary/aromatic N) is 1. The fraction of sp³-hybridized carbons (Fsp3) is 0.611. The Hall–Kier alpha value is -1.15. The van der Waals surface area contributed by atoms with Gasteiger partial charge >= 0.3 is 0 Å². The van der Waals surface area contributed by atoms with Gasteiger partial charge in [-0.2, -0.15) is 4.31 Å². The molecule has 2 rings (SSSR count). The molecule has 1 aromatic rings. The van der Waals surface area contributed by atoms with E-state index < -0.39 is 15.6 Å². The molecule has 148 valence electrons. The zero-order valence-corrected chi connectivity index (χ0v) is 17.5. The van der Waals surface area contributed by atoms with Crippen LogP contribution in [0.2, 0.25) is 0 Å². The van der Waals surface area contributed by atoms with Crippen molar-refractivity contribution >= 4 is 28.3 Å². The predicted octanol–water partition coefficient (Wildman–Crippen LogP) is 1.98. The van der Waals surface area contributed by atoms with Gasteiger partial charge in [0.2, 0.25) is 15.9 Å². The summed E-state index contributed by atoms with van der Waals surface area (Å²) in [5.74, 6) is -0.213. The summed E-state index contributed by atoms with van der Waals surface area (Å²) in [5, 5.41) is 2.94. The van der Waals surface area contributed by atoms with E-state index >= 15 is 0 Å². The lowest BCUT2D eigenvalue weighted by atomic mass is 9.95. The number of benzene rings is 1. The molecule has 0 aromatic heterocycles. The van der Waals surface area contributed by atoms with Crippen molar-refractivity contribution in [3.8, 4) is 0 Å². The normalized spacial score (nSPS) is 16.8. The van der Waals surface area contributed by atoms with Gasteiger partial charge in [0.05, 0.1) is 4.90 Å². The average Bonchev–Trinajstić information content (AvgIpc) is 2.54. The van der Waals surface area contributed by atoms with Crippen LogP contribution in [0.3, 0.4) is 0 Å². The third-order valence-electron chi connectivity index (χ3n) is 4.74. The van der Waals surface area contributed by atoms with Crippen LogP contribution in [0.15, 0.2) is 23.1 Å². The molecule has 1 aromatic carbocycles. The van der Waals surface area contributed by atoms with Crippen LogP contribution in [0, 0.1) is 19.8 Å². The minimum absolute atomic E-state index is 0. The fourth-order valence-electron chi connectivity index (χ4n) is 3.07. The summed E-state index contributed by atoms with van der Waals surface area (Å²) >= 11 is 0. The van der Waals surface area contributed by atoms with E-state index in [1.165, 1.54) is 4.31 Å². The number of nitrogens with one attached hydrogen (secondary N) is 1. The van der Waals surface area contributed by atoms with Gasteiger partial charge in [-0.1, -0.05) is 17.7 Å². The first-order chi connectivity index (χ1) is 11.6. The molecule has 0 unspecified atom stereocenters. The Bertz CT molecular complexity index is 742. The van der Waals surface area contributed by atoms with Gasteiger partial charge in [0.15, 0.2) is 0 Å². The summed E-state index contributed by atoms with van der Waals surface area (Å²) in [6, 6.07) is 5.36. The van der Waals surface area contributed by atoms with Crippen LogP contribution in [0.5, 0.6) is 0 Å². The number of nitrogens with two attached hydrogens (primary N) is 1. The topological polar surface area (TPSA) is 92.5 Å². The van der Waals surface area contributed by atoms with E-state index in [-0.39, 0.29) is 24.2 Å². The first-order valence-electron chi connectivity index (χ1n) is 8.66. The fourth-order valence-corrected chi connectivity index (χ4v) is 4.75. The number of amides is 1. The summed E-state index contributed by atoms with van der Waals surface area (Å²) < 4.78 is 27.2. The van der Waals surface area contributed by atoms with Crippen LogP contribution < -0.4 is 11.1 Å². The highest BCUT2D eigenvalue weighted by atomic mass is 35.5. The highest BCUT2D eigenvalue weighted by Crippen LogP contribution is 2.26. The molecule has 1 heterocycles. The van der Waals surface area contributed by atoms with E-state index in [4.69, 9.17) is 5.73 Å². The standard InChI is InChI=1S/C18H29N3O3S.ClH/c1-13-5-6-16(14(2)11-13)25(23,24)21-9-7-15(8-10-21)17(22)20-18(3,4)12-19;/h5-6,11,15H,7-10,12,19H2,1-4H3,(H,20,22);1H. The quantitative estimate of drug-likeness (QED) is 0.786. The largest absolute Gasteiger partial charge is 0.350 e. The Morgan fingerprint density at radius 1 is 1.27 bits per heavy atom. The van der Waals surface area contributed by atoms with Crippen molar-refractivity contribution in [1.82, 2.24) is 9.62 Å². The zero-order chi connectivity index (χ0) is 18.8. The van der Waals surface area contributed by atoms with Crippen LogP contribution in [0.25, 0.3) is 0 Å². The van der Waals surface area contributed by atoms with E-state index in [0.29, 0.717) is 37.4 Å². The SMILES string of the molecule is Cc1ccc(S(=O)(=O)N2CCC(C(=O)NC(C)(C)CN)CC2)c(C)c1.Cl. The Morgan fingerprint density at radius 3 is 2.35 bits per heavy atom. The molecule has 0 atom stereocenters. The smallest absolute Gasteiger partial charge is 0.243 e. The summed E-state index contributed by atoms with van der Waals surface area (Å²) in [7, 11) is -3.52. The molecule has 6 nitrogen and oxygen atoms in total. The molecule has 1 saturated heterocycles.